The lowest BCUT2D eigenvalue weighted by atomic mass is 9.43. The van der Waals surface area contributed by atoms with Gasteiger partial charge in [0, 0.05) is 38.4 Å². The minimum atomic E-state index is -0.378. The molecule has 0 aromatic carbocycles. The van der Waals surface area contributed by atoms with Crippen LogP contribution >= 0.6 is 0 Å². The summed E-state index contributed by atoms with van der Waals surface area (Å²) in [4.78, 5) is 39.1. The first-order chi connectivity index (χ1) is 21.2. The van der Waals surface area contributed by atoms with Gasteiger partial charge in [-0.2, -0.15) is 0 Å². The zero-order valence-corrected chi connectivity index (χ0v) is 26.6. The van der Waals surface area contributed by atoms with Crippen LogP contribution in [0.1, 0.15) is 83.5 Å². The summed E-state index contributed by atoms with van der Waals surface area (Å²) in [6, 6.07) is 12.0. The van der Waals surface area contributed by atoms with E-state index in [2.05, 4.69) is 41.0 Å². The predicted molar refractivity (Wildman–Crippen MR) is 169 cm³/mol. The number of hydrogen-bond donors (Lipinski definition) is 1. The van der Waals surface area contributed by atoms with Crippen molar-refractivity contribution >= 4 is 18.9 Å². The van der Waals surface area contributed by atoms with Crippen LogP contribution in [0, 0.1) is 17.3 Å². The van der Waals surface area contributed by atoms with E-state index in [4.69, 9.17) is 9.31 Å². The van der Waals surface area contributed by atoms with E-state index in [-0.39, 0.29) is 48.5 Å². The molecule has 2 aromatic heterocycles. The number of aromatic nitrogens is 2. The van der Waals surface area contributed by atoms with Gasteiger partial charge in [-0.3, -0.25) is 24.5 Å². The van der Waals surface area contributed by atoms with E-state index in [1.165, 1.54) is 6.42 Å². The van der Waals surface area contributed by atoms with Crippen LogP contribution in [0.2, 0.25) is 0 Å². The third-order valence-corrected chi connectivity index (χ3v) is 10.9. The minimum Gasteiger partial charge on any atom is -0.404 e. The molecule has 5 fully saturated rings. The van der Waals surface area contributed by atoms with E-state index in [1.54, 1.807) is 0 Å². The molecule has 3 unspecified atom stereocenters. The fourth-order valence-corrected chi connectivity index (χ4v) is 8.27. The number of nitrogens with zero attached hydrogens (tertiary/aromatic N) is 4. The Kier molecular flexibility index (Phi) is 9.40. The van der Waals surface area contributed by atoms with Gasteiger partial charge in [0.1, 0.15) is 0 Å². The molecule has 4 heterocycles. The maximum absolute atomic E-state index is 13.2. The van der Waals surface area contributed by atoms with Crippen LogP contribution in [-0.4, -0.2) is 76.0 Å². The Labute approximate surface area is 262 Å². The molecule has 2 aliphatic heterocycles. The Morgan fingerprint density at radius 3 is 2.41 bits per heavy atom. The Bertz CT molecular complexity index is 1240. The average molecular weight is 602 g/mol. The minimum absolute atomic E-state index is 0.0302. The Balaban J connectivity index is 0.914. The van der Waals surface area contributed by atoms with Gasteiger partial charge >= 0.3 is 7.12 Å². The average Bonchev–Trinajstić information content (AvgIpc) is 3.65. The summed E-state index contributed by atoms with van der Waals surface area (Å²) in [7, 11) is -0.378. The highest BCUT2D eigenvalue weighted by Gasteiger charge is 2.69. The molecule has 3 saturated carbocycles. The van der Waals surface area contributed by atoms with Crippen molar-refractivity contribution in [1.29, 1.82) is 0 Å². The van der Waals surface area contributed by atoms with Crippen molar-refractivity contribution < 1.29 is 18.9 Å². The number of carbonyl (C=O) groups is 2. The lowest BCUT2D eigenvalue weighted by Gasteiger charge is -2.64. The maximum Gasteiger partial charge on any atom is 0.481 e. The molecule has 5 aliphatic rings. The molecule has 0 spiro atoms. The molecule has 1 N–H and O–H groups in total. The Morgan fingerprint density at radius 1 is 1.02 bits per heavy atom. The maximum atomic E-state index is 13.2. The van der Waals surface area contributed by atoms with Crippen LogP contribution in [0.5, 0.6) is 0 Å². The van der Waals surface area contributed by atoms with Gasteiger partial charge in [-0.15, -0.1) is 0 Å². The summed E-state index contributed by atoms with van der Waals surface area (Å²) in [6.07, 6.45) is 10.9. The number of carbonyl (C=O) groups excluding carboxylic acids is 2. The normalized spacial score (nSPS) is 28.5. The van der Waals surface area contributed by atoms with Crippen molar-refractivity contribution in [3.63, 3.8) is 0 Å². The molecule has 2 amide bonds. The lowest BCUT2D eigenvalue weighted by molar-refractivity contribution is -0.199. The second-order valence-electron chi connectivity index (χ2n) is 14.1. The molecule has 10 heteroatoms. The van der Waals surface area contributed by atoms with Crippen molar-refractivity contribution in [2.75, 3.05) is 19.6 Å². The van der Waals surface area contributed by atoms with Crippen molar-refractivity contribution in [2.45, 2.75) is 103 Å². The largest absolute Gasteiger partial charge is 0.481 e. The first-order valence-electron chi connectivity index (χ1n) is 16.7. The van der Waals surface area contributed by atoms with Crippen LogP contribution in [-0.2, 0) is 32.0 Å². The molecule has 7 rings (SSSR count). The van der Waals surface area contributed by atoms with Gasteiger partial charge in [0.15, 0.2) is 0 Å². The molecular weight excluding hydrogens is 553 g/mol. The monoisotopic (exact) mass is 601 g/mol. The number of hydrogen-bond acceptors (Lipinski definition) is 7. The van der Waals surface area contributed by atoms with Gasteiger partial charge in [0.25, 0.3) is 0 Å². The van der Waals surface area contributed by atoms with Gasteiger partial charge in [-0.05, 0) is 93.5 Å². The molecule has 2 saturated heterocycles. The van der Waals surface area contributed by atoms with Gasteiger partial charge in [0.2, 0.25) is 11.8 Å². The molecule has 9 nitrogen and oxygen atoms in total. The van der Waals surface area contributed by atoms with Crippen molar-refractivity contribution in [1.82, 2.24) is 25.1 Å². The summed E-state index contributed by atoms with van der Waals surface area (Å²) >= 11 is 0. The molecule has 0 radical (unpaired) electrons. The fourth-order valence-electron chi connectivity index (χ4n) is 8.27. The Hall–Kier alpha value is -2.82. The van der Waals surface area contributed by atoms with Gasteiger partial charge in [-0.25, -0.2) is 0 Å². The third-order valence-electron chi connectivity index (χ3n) is 10.9. The molecule has 2 bridgehead atoms. The van der Waals surface area contributed by atoms with Crippen LogP contribution in [0.3, 0.4) is 0 Å². The fraction of sp³-hybridized carbons (Fsp3) is 0.647. The van der Waals surface area contributed by atoms with Crippen LogP contribution in [0.15, 0.2) is 48.8 Å². The predicted octanol–water partition coefficient (Wildman–Crippen LogP) is 4.41. The summed E-state index contributed by atoms with van der Waals surface area (Å²) in [5.74, 6) is 1.00. The summed E-state index contributed by atoms with van der Waals surface area (Å²) in [5.41, 5.74) is 2.08. The quantitative estimate of drug-likeness (QED) is 0.268. The standard InChI is InChI=1S/C34H48BN5O4/c1-33(2)25-20-28(33)34(3)29(21-25)43-35(44-34)30-14-11-19-40(30)32(42)22-38-31(41)15-5-4-10-18-39(23-26-12-6-8-16-36-26)24-27-13-7-9-17-37-27/h6-9,12-13,16-17,25,28-30H,4-5,10-11,14-15,18-24H2,1-3H3,(H,38,41)/t25-,28?,29?,30?,34-/m0/s1. The molecule has 3 aliphatic carbocycles. The first kappa shape index (κ1) is 31.2. The number of nitrogens with one attached hydrogen (secondary N) is 1. The van der Waals surface area contributed by atoms with E-state index in [9.17, 15) is 9.59 Å². The highest BCUT2D eigenvalue weighted by molar-refractivity contribution is 6.48. The van der Waals surface area contributed by atoms with Crippen LogP contribution in [0.4, 0.5) is 0 Å². The van der Waals surface area contributed by atoms with E-state index in [0.717, 1.165) is 69.5 Å². The molecular formula is C34H48BN5O4. The molecule has 236 valence electrons. The first-order valence-corrected chi connectivity index (χ1v) is 16.7. The van der Waals surface area contributed by atoms with Gasteiger partial charge in [0.05, 0.1) is 35.6 Å². The summed E-state index contributed by atoms with van der Waals surface area (Å²) < 4.78 is 13.2. The number of rotatable bonds is 13. The van der Waals surface area contributed by atoms with E-state index in [1.807, 2.05) is 53.7 Å². The highest BCUT2D eigenvalue weighted by Crippen LogP contribution is 2.65. The smallest absolute Gasteiger partial charge is 0.404 e. The van der Waals surface area contributed by atoms with Crippen molar-refractivity contribution in [2.24, 2.45) is 17.3 Å². The number of amides is 2. The second-order valence-corrected chi connectivity index (χ2v) is 14.1. The SMILES string of the molecule is CC1(C)C2C[C@H]1CC1OB(C3CCCN3C(=O)CNC(=O)CCCCCN(Cc3ccccn3)Cc3ccccn3)O[C@]12C. The van der Waals surface area contributed by atoms with Crippen molar-refractivity contribution in [3.8, 4) is 0 Å². The number of pyridine rings is 2. The second kappa shape index (κ2) is 13.3. The highest BCUT2D eigenvalue weighted by atomic mass is 16.7. The van der Waals surface area contributed by atoms with Crippen molar-refractivity contribution in [3.05, 3.63) is 60.2 Å². The zero-order valence-electron chi connectivity index (χ0n) is 26.6. The molecule has 44 heavy (non-hydrogen) atoms. The van der Waals surface area contributed by atoms with Crippen LogP contribution in [0.25, 0.3) is 0 Å². The van der Waals surface area contributed by atoms with E-state index in [0.29, 0.717) is 24.8 Å². The lowest BCUT2D eigenvalue weighted by Crippen LogP contribution is -2.65. The van der Waals surface area contributed by atoms with Gasteiger partial charge in [-0.1, -0.05) is 32.4 Å². The van der Waals surface area contributed by atoms with Crippen LogP contribution < -0.4 is 5.32 Å². The van der Waals surface area contributed by atoms with Gasteiger partial charge < -0.3 is 19.5 Å². The van der Waals surface area contributed by atoms with E-state index >= 15 is 0 Å². The zero-order chi connectivity index (χ0) is 30.7. The molecule has 2 aromatic rings. The topological polar surface area (TPSA) is 96.9 Å². The number of unbranched alkanes of at least 4 members (excludes halogenated alkanes) is 2. The molecule has 5 atom stereocenters. The van der Waals surface area contributed by atoms with E-state index < -0.39 is 0 Å². The number of likely N-dealkylation sites (tertiary alicyclic amines) is 1. The summed E-state index contributed by atoms with van der Waals surface area (Å²) in [6.45, 7) is 10.1. The summed E-state index contributed by atoms with van der Waals surface area (Å²) in [5, 5.41) is 2.88. The Morgan fingerprint density at radius 2 is 1.75 bits per heavy atom. The third kappa shape index (κ3) is 6.58.